The topological polar surface area (TPSA) is 68.7 Å². The normalized spacial score (nSPS) is 14.7. The summed E-state index contributed by atoms with van der Waals surface area (Å²) in [6, 6.07) is 18.1. The van der Waals surface area contributed by atoms with E-state index < -0.39 is 0 Å². The van der Waals surface area contributed by atoms with Gasteiger partial charge in [-0.05, 0) is 62.3 Å². The lowest BCUT2D eigenvalue weighted by Gasteiger charge is -2.35. The highest BCUT2D eigenvalue weighted by molar-refractivity contribution is 7.80. The molecule has 0 bridgehead atoms. The van der Waals surface area contributed by atoms with Gasteiger partial charge in [0.05, 0.1) is 10.7 Å². The number of nitrogens with zero attached hydrogens (tertiary/aromatic N) is 5. The van der Waals surface area contributed by atoms with Crippen LogP contribution in [0.1, 0.15) is 22.5 Å². The van der Waals surface area contributed by atoms with Gasteiger partial charge in [0.25, 0.3) is 0 Å². The summed E-state index contributed by atoms with van der Waals surface area (Å²) < 4.78 is 0. The monoisotopic (exact) mass is 533 g/mol. The largest absolute Gasteiger partial charge is 0.340 e. The molecule has 1 aliphatic heterocycles. The highest BCUT2D eigenvalue weighted by Crippen LogP contribution is 2.23. The quantitative estimate of drug-likeness (QED) is 0.253. The zero-order valence-electron chi connectivity index (χ0n) is 21.4. The van der Waals surface area contributed by atoms with Crippen LogP contribution in [-0.2, 0) is 0 Å². The first-order valence-corrected chi connectivity index (χ1v) is 13.1. The molecule has 2 N–H and O–H groups in total. The Morgan fingerprint density at radius 1 is 0.973 bits per heavy atom. The molecule has 0 aliphatic carbocycles. The molecule has 0 saturated carbocycles. The van der Waals surface area contributed by atoms with Crippen molar-refractivity contribution in [3.63, 3.8) is 0 Å². The minimum absolute atomic E-state index is 0.311. The summed E-state index contributed by atoms with van der Waals surface area (Å²) in [6.07, 6.45) is 4.38. The van der Waals surface area contributed by atoms with Gasteiger partial charge in [-0.15, -0.1) is 0 Å². The molecule has 1 saturated heterocycles. The molecule has 0 spiro atoms. The average Bonchev–Trinajstić information content (AvgIpc) is 2.86. The maximum absolute atomic E-state index is 6.39. The van der Waals surface area contributed by atoms with Crippen molar-refractivity contribution in [1.29, 1.82) is 0 Å². The van der Waals surface area contributed by atoms with Crippen molar-refractivity contribution in [3.05, 3.63) is 88.2 Å². The predicted molar refractivity (Wildman–Crippen MR) is 158 cm³/mol. The van der Waals surface area contributed by atoms with E-state index in [-0.39, 0.29) is 0 Å². The van der Waals surface area contributed by atoms with Gasteiger partial charge in [0, 0.05) is 44.1 Å². The third-order valence-electron chi connectivity index (χ3n) is 5.92. The van der Waals surface area contributed by atoms with Crippen LogP contribution in [0.25, 0.3) is 6.08 Å². The molecule has 0 amide bonds. The zero-order chi connectivity index (χ0) is 26.2. The number of benzene rings is 2. The second-order valence-electron chi connectivity index (χ2n) is 9.05. The summed E-state index contributed by atoms with van der Waals surface area (Å²) in [7, 11) is 0. The number of aliphatic imine (C=N–C) groups is 1. The fourth-order valence-corrected chi connectivity index (χ4v) is 4.54. The van der Waals surface area contributed by atoms with Crippen LogP contribution in [0.3, 0.4) is 0 Å². The Hall–Kier alpha value is -3.33. The first-order valence-electron chi connectivity index (χ1n) is 12.3. The second-order valence-corrected chi connectivity index (χ2v) is 9.84. The standard InChI is InChI=1S/C28H32ClN7S/c1-20-11-12-25(24(29)18-20)32-28(37)34-27(33-26-30-21(2)19-22(3)31-26)36-16-14-35(15-17-36)13-7-10-23-8-5-4-6-9-23/h4-12,18-19H,13-17H2,1-3H3,(H2,30,31,32,33,34,37)/b10-7+. The number of hydrogen-bond acceptors (Lipinski definition) is 4. The van der Waals surface area contributed by atoms with E-state index in [2.05, 4.69) is 66.8 Å². The fourth-order valence-electron chi connectivity index (χ4n) is 4.06. The number of thiocarbonyl (C=S) groups is 1. The summed E-state index contributed by atoms with van der Waals surface area (Å²) >= 11 is 12.0. The summed E-state index contributed by atoms with van der Waals surface area (Å²) in [5.74, 6) is 1.12. The first kappa shape index (κ1) is 26.7. The van der Waals surface area contributed by atoms with Crippen molar-refractivity contribution >= 4 is 52.6 Å². The maximum atomic E-state index is 6.39. The van der Waals surface area contributed by atoms with E-state index in [1.165, 1.54) is 5.56 Å². The van der Waals surface area contributed by atoms with Gasteiger partial charge in [0.2, 0.25) is 17.0 Å². The van der Waals surface area contributed by atoms with Crippen LogP contribution in [0, 0.1) is 20.8 Å². The van der Waals surface area contributed by atoms with Gasteiger partial charge in [-0.1, -0.05) is 60.2 Å². The van der Waals surface area contributed by atoms with Gasteiger partial charge in [0.15, 0.2) is 0 Å². The molecular weight excluding hydrogens is 502 g/mol. The summed E-state index contributed by atoms with van der Waals surface area (Å²) in [5, 5.41) is 7.37. The molecule has 0 radical (unpaired) electrons. The third kappa shape index (κ3) is 8.08. The molecule has 192 valence electrons. The molecule has 1 aromatic heterocycles. The van der Waals surface area contributed by atoms with Crippen LogP contribution in [0.5, 0.6) is 0 Å². The predicted octanol–water partition coefficient (Wildman–Crippen LogP) is 5.55. The van der Waals surface area contributed by atoms with Crippen LogP contribution in [-0.4, -0.2) is 63.6 Å². The summed E-state index contributed by atoms with van der Waals surface area (Å²) in [4.78, 5) is 18.4. The van der Waals surface area contributed by atoms with Crippen molar-refractivity contribution in [2.45, 2.75) is 20.8 Å². The van der Waals surface area contributed by atoms with E-state index in [9.17, 15) is 0 Å². The van der Waals surface area contributed by atoms with Crippen molar-refractivity contribution in [1.82, 2.24) is 19.8 Å². The molecule has 3 aromatic rings. The number of rotatable bonds is 5. The molecule has 9 heteroatoms. The number of anilines is 2. The number of aromatic nitrogens is 2. The van der Waals surface area contributed by atoms with Crippen molar-refractivity contribution in [2.75, 3.05) is 43.4 Å². The van der Waals surface area contributed by atoms with E-state index in [1.54, 1.807) is 0 Å². The maximum Gasteiger partial charge on any atom is 0.229 e. The fraction of sp³-hybridized carbons (Fsp3) is 0.286. The molecular formula is C28H32ClN7S. The number of nitrogens with one attached hydrogen (secondary N) is 2. The number of aryl methyl sites for hydroxylation is 3. The van der Waals surface area contributed by atoms with Crippen molar-refractivity contribution < 1.29 is 0 Å². The SMILES string of the molecule is Cc1ccc(NC(=S)/N=C(/Nc2nc(C)cc(C)n2)N2CCN(C/C=C/c3ccccc3)CC2)c(Cl)c1. The van der Waals surface area contributed by atoms with Gasteiger partial charge in [-0.2, -0.15) is 4.99 Å². The molecule has 2 heterocycles. The lowest BCUT2D eigenvalue weighted by molar-refractivity contribution is 0.198. The van der Waals surface area contributed by atoms with E-state index >= 15 is 0 Å². The number of guanidine groups is 1. The van der Waals surface area contributed by atoms with E-state index in [1.807, 2.05) is 51.1 Å². The Morgan fingerprint density at radius 2 is 1.68 bits per heavy atom. The van der Waals surface area contributed by atoms with E-state index in [0.717, 1.165) is 55.4 Å². The Bertz CT molecular complexity index is 1260. The molecule has 4 rings (SSSR count). The van der Waals surface area contributed by atoms with Gasteiger partial charge < -0.3 is 10.2 Å². The van der Waals surface area contributed by atoms with Gasteiger partial charge in [0.1, 0.15) is 0 Å². The molecule has 7 nitrogen and oxygen atoms in total. The molecule has 0 unspecified atom stereocenters. The van der Waals surface area contributed by atoms with Gasteiger partial charge in [-0.3, -0.25) is 10.2 Å². The molecule has 2 aromatic carbocycles. The average molecular weight is 534 g/mol. The van der Waals surface area contributed by atoms with Gasteiger partial charge in [-0.25, -0.2) is 9.97 Å². The smallest absolute Gasteiger partial charge is 0.229 e. The number of piperazine rings is 1. The van der Waals surface area contributed by atoms with E-state index in [4.69, 9.17) is 28.8 Å². The van der Waals surface area contributed by atoms with Crippen molar-refractivity contribution in [2.24, 2.45) is 4.99 Å². The Kier molecular flexibility index (Phi) is 9.22. The Morgan fingerprint density at radius 3 is 2.35 bits per heavy atom. The van der Waals surface area contributed by atoms with Crippen LogP contribution in [0.2, 0.25) is 5.02 Å². The van der Waals surface area contributed by atoms with Crippen LogP contribution in [0.15, 0.2) is 65.7 Å². The summed E-state index contributed by atoms with van der Waals surface area (Å²) in [6.45, 7) is 10.2. The first-order chi connectivity index (χ1) is 17.9. The lowest BCUT2D eigenvalue weighted by Crippen LogP contribution is -2.51. The minimum Gasteiger partial charge on any atom is -0.340 e. The van der Waals surface area contributed by atoms with Crippen LogP contribution < -0.4 is 10.6 Å². The second kappa shape index (κ2) is 12.8. The molecule has 37 heavy (non-hydrogen) atoms. The third-order valence-corrected chi connectivity index (χ3v) is 6.43. The Labute approximate surface area is 229 Å². The highest BCUT2D eigenvalue weighted by Gasteiger charge is 2.21. The highest BCUT2D eigenvalue weighted by atomic mass is 35.5. The number of hydrogen-bond donors (Lipinski definition) is 2. The molecule has 1 fully saturated rings. The van der Waals surface area contributed by atoms with Crippen LogP contribution in [0.4, 0.5) is 11.6 Å². The van der Waals surface area contributed by atoms with Crippen LogP contribution >= 0.6 is 23.8 Å². The van der Waals surface area contributed by atoms with Crippen molar-refractivity contribution in [3.8, 4) is 0 Å². The van der Waals surface area contributed by atoms with E-state index in [0.29, 0.717) is 22.0 Å². The molecule has 0 atom stereocenters. The number of halogens is 1. The summed E-state index contributed by atoms with van der Waals surface area (Å²) in [5.41, 5.74) is 4.78. The lowest BCUT2D eigenvalue weighted by atomic mass is 10.2. The Balaban J connectivity index is 1.45. The van der Waals surface area contributed by atoms with Gasteiger partial charge >= 0.3 is 0 Å². The molecule has 1 aliphatic rings. The minimum atomic E-state index is 0.311. The zero-order valence-corrected chi connectivity index (χ0v) is 23.0.